The van der Waals surface area contributed by atoms with Crippen LogP contribution in [-0.4, -0.2) is 50.7 Å². The van der Waals surface area contributed by atoms with Gasteiger partial charge in [-0.15, -0.1) is 0 Å². The zero-order chi connectivity index (χ0) is 26.7. The second kappa shape index (κ2) is 11.0. The lowest BCUT2D eigenvalue weighted by molar-refractivity contribution is -0.152. The van der Waals surface area contributed by atoms with E-state index in [1.165, 1.54) is 24.3 Å². The molecular formula is C25H26Cl2N2O6S. The fourth-order valence-corrected chi connectivity index (χ4v) is 5.63. The Kier molecular flexibility index (Phi) is 8.51. The number of carbonyl (C=O) groups excluding carboxylic acids is 2. The van der Waals surface area contributed by atoms with E-state index in [1.807, 2.05) is 0 Å². The van der Waals surface area contributed by atoms with Gasteiger partial charge < -0.3 is 15.2 Å². The number of hydrogen-bond acceptors (Lipinski definition) is 6. The number of halogens is 2. The molecule has 0 saturated heterocycles. The number of esters is 1. The predicted molar refractivity (Wildman–Crippen MR) is 140 cm³/mol. The van der Waals surface area contributed by atoms with Gasteiger partial charge in [0.05, 0.1) is 17.2 Å². The lowest BCUT2D eigenvalue weighted by atomic mass is 10.0. The highest BCUT2D eigenvalue weighted by Gasteiger charge is 2.30. The minimum Gasteiger partial charge on any atom is -0.459 e. The van der Waals surface area contributed by atoms with Gasteiger partial charge in [0.15, 0.2) is 0 Å². The monoisotopic (exact) mass is 552 g/mol. The minimum absolute atomic E-state index is 0.0947. The largest absolute Gasteiger partial charge is 0.459 e. The topological polar surface area (TPSA) is 113 Å². The third-order valence-electron chi connectivity index (χ3n) is 4.91. The number of anilines is 1. The van der Waals surface area contributed by atoms with Gasteiger partial charge in [0.2, 0.25) is 0 Å². The van der Waals surface area contributed by atoms with Crippen molar-refractivity contribution >= 4 is 61.6 Å². The van der Waals surface area contributed by atoms with Crippen LogP contribution in [0.4, 0.5) is 5.69 Å². The third kappa shape index (κ3) is 6.67. The highest BCUT2D eigenvalue weighted by Crippen LogP contribution is 2.31. The number of nitrogens with one attached hydrogen (secondary N) is 1. The van der Waals surface area contributed by atoms with E-state index in [9.17, 15) is 18.0 Å². The van der Waals surface area contributed by atoms with Crippen LogP contribution in [0.15, 0.2) is 59.5 Å². The molecule has 0 fully saturated rings. The molecule has 0 radical (unpaired) electrons. The van der Waals surface area contributed by atoms with Crippen LogP contribution in [0.1, 0.15) is 31.1 Å². The molecule has 0 aliphatic rings. The van der Waals surface area contributed by atoms with Crippen molar-refractivity contribution in [1.29, 1.82) is 0 Å². The Labute approximate surface area is 219 Å². The number of carbonyl (C=O) groups is 2. The summed E-state index contributed by atoms with van der Waals surface area (Å²) in [5, 5.41) is 13.0. The van der Waals surface area contributed by atoms with Gasteiger partial charge in [0, 0.05) is 22.2 Å². The number of fused-ring (bicyclic) bond motifs is 1. The molecule has 1 amide bonds. The van der Waals surface area contributed by atoms with Crippen LogP contribution < -0.4 is 9.62 Å². The van der Waals surface area contributed by atoms with Crippen LogP contribution >= 0.6 is 23.2 Å². The van der Waals surface area contributed by atoms with Crippen LogP contribution in [0.5, 0.6) is 0 Å². The fourth-order valence-electron chi connectivity index (χ4n) is 3.50. The number of aliphatic hydroxyl groups excluding tert-OH is 1. The summed E-state index contributed by atoms with van der Waals surface area (Å²) < 4.78 is 33.7. The van der Waals surface area contributed by atoms with Gasteiger partial charge in [-0.3, -0.25) is 13.9 Å². The van der Waals surface area contributed by atoms with Crippen molar-refractivity contribution in [2.45, 2.75) is 31.3 Å². The van der Waals surface area contributed by atoms with Crippen molar-refractivity contribution in [1.82, 2.24) is 5.32 Å². The van der Waals surface area contributed by atoms with Gasteiger partial charge in [-0.1, -0.05) is 41.4 Å². The first-order valence-corrected chi connectivity index (χ1v) is 13.1. The van der Waals surface area contributed by atoms with Crippen LogP contribution in [0.2, 0.25) is 10.0 Å². The Balaban J connectivity index is 2.12. The molecule has 36 heavy (non-hydrogen) atoms. The lowest BCUT2D eigenvalue weighted by Gasteiger charge is -2.27. The van der Waals surface area contributed by atoms with E-state index in [-0.39, 0.29) is 39.7 Å². The number of benzene rings is 3. The molecule has 3 aromatic rings. The Bertz CT molecular complexity index is 1380. The summed E-state index contributed by atoms with van der Waals surface area (Å²) in [6, 6.07) is 13.6. The molecule has 0 heterocycles. The maximum absolute atomic E-state index is 13.7. The van der Waals surface area contributed by atoms with Gasteiger partial charge in [-0.2, -0.15) is 0 Å². The van der Waals surface area contributed by atoms with Crippen LogP contribution in [0.3, 0.4) is 0 Å². The molecule has 192 valence electrons. The van der Waals surface area contributed by atoms with Gasteiger partial charge in [0.25, 0.3) is 15.9 Å². The number of amides is 1. The van der Waals surface area contributed by atoms with E-state index in [0.717, 1.165) is 4.31 Å². The highest BCUT2D eigenvalue weighted by molar-refractivity contribution is 7.92. The smallest absolute Gasteiger partial charge is 0.327 e. The van der Waals surface area contributed by atoms with Gasteiger partial charge in [-0.05, 0) is 67.9 Å². The van der Waals surface area contributed by atoms with Gasteiger partial charge >= 0.3 is 5.97 Å². The summed E-state index contributed by atoms with van der Waals surface area (Å²) in [5.41, 5.74) is -0.292. The number of rotatable bonds is 8. The molecular weight excluding hydrogens is 527 g/mol. The highest BCUT2D eigenvalue weighted by atomic mass is 35.5. The molecule has 0 unspecified atom stereocenters. The molecule has 0 aromatic heterocycles. The van der Waals surface area contributed by atoms with Gasteiger partial charge in [-0.25, -0.2) is 8.42 Å². The summed E-state index contributed by atoms with van der Waals surface area (Å²) in [7, 11) is -4.30. The first-order valence-electron chi connectivity index (χ1n) is 10.9. The molecule has 0 saturated carbocycles. The molecule has 0 spiro atoms. The SMILES string of the molecule is CC(C)(C)OC(=O)CN(c1ccc2c(C(=O)NCCO)cccc2c1)S(=O)(=O)c1cc(Cl)cc(Cl)c1. The average Bonchev–Trinajstić information content (AvgIpc) is 2.78. The number of nitrogens with zero attached hydrogens (tertiary/aromatic N) is 1. The fraction of sp³-hybridized carbons (Fsp3) is 0.280. The van der Waals surface area contributed by atoms with E-state index in [1.54, 1.807) is 51.1 Å². The van der Waals surface area contributed by atoms with E-state index in [0.29, 0.717) is 16.3 Å². The molecule has 3 aromatic carbocycles. The number of hydrogen-bond donors (Lipinski definition) is 2. The quantitative estimate of drug-likeness (QED) is 0.400. The summed E-state index contributed by atoms with van der Waals surface area (Å²) in [5.74, 6) is -1.13. The molecule has 0 bridgehead atoms. The summed E-state index contributed by atoms with van der Waals surface area (Å²) in [6.07, 6.45) is 0. The second-order valence-corrected chi connectivity index (χ2v) is 11.6. The van der Waals surface area contributed by atoms with Crippen LogP contribution in [0, 0.1) is 0 Å². The van der Waals surface area contributed by atoms with E-state index in [2.05, 4.69) is 5.32 Å². The van der Waals surface area contributed by atoms with Crippen molar-refractivity contribution in [3.63, 3.8) is 0 Å². The molecule has 2 N–H and O–H groups in total. The standard InChI is InChI=1S/C25H26Cl2N2O6S/c1-25(2,3)35-23(31)15-29(36(33,34)20-13-17(26)12-18(27)14-20)19-7-8-21-16(11-19)5-4-6-22(21)24(32)28-9-10-30/h4-8,11-14,30H,9-10,15H2,1-3H3,(H,28,32). The first kappa shape index (κ1) is 27.7. The molecule has 0 aliphatic carbocycles. The molecule has 0 aliphatic heterocycles. The second-order valence-electron chi connectivity index (χ2n) is 8.89. The zero-order valence-electron chi connectivity index (χ0n) is 19.9. The normalized spacial score (nSPS) is 11.8. The molecule has 8 nitrogen and oxygen atoms in total. The van der Waals surface area contributed by atoms with Crippen LogP contribution in [0.25, 0.3) is 10.8 Å². The molecule has 0 atom stereocenters. The van der Waals surface area contributed by atoms with Crippen LogP contribution in [-0.2, 0) is 19.6 Å². The number of ether oxygens (including phenoxy) is 1. The predicted octanol–water partition coefficient (Wildman–Crippen LogP) is 4.41. The molecule has 3 rings (SSSR count). The zero-order valence-corrected chi connectivity index (χ0v) is 22.2. The maximum Gasteiger partial charge on any atom is 0.327 e. The van der Waals surface area contributed by atoms with Crippen molar-refractivity contribution in [3.8, 4) is 0 Å². The Morgan fingerprint density at radius 3 is 2.31 bits per heavy atom. The van der Waals surface area contributed by atoms with Crippen molar-refractivity contribution < 1.29 is 27.9 Å². The van der Waals surface area contributed by atoms with Crippen molar-refractivity contribution in [2.24, 2.45) is 0 Å². The van der Waals surface area contributed by atoms with E-state index in [4.69, 9.17) is 33.0 Å². The first-order chi connectivity index (χ1) is 16.8. The Morgan fingerprint density at radius 1 is 1.03 bits per heavy atom. The van der Waals surface area contributed by atoms with Gasteiger partial charge in [0.1, 0.15) is 12.1 Å². The van der Waals surface area contributed by atoms with Crippen molar-refractivity contribution in [3.05, 3.63) is 70.2 Å². The summed E-state index contributed by atoms with van der Waals surface area (Å²) in [4.78, 5) is 25.0. The van der Waals surface area contributed by atoms with E-state index < -0.39 is 28.1 Å². The average molecular weight is 553 g/mol. The minimum atomic E-state index is -4.30. The molecule has 11 heteroatoms. The summed E-state index contributed by atoms with van der Waals surface area (Å²) in [6.45, 7) is 4.33. The third-order valence-corrected chi connectivity index (χ3v) is 7.10. The maximum atomic E-state index is 13.7. The van der Waals surface area contributed by atoms with E-state index >= 15 is 0 Å². The lowest BCUT2D eigenvalue weighted by Crippen LogP contribution is -2.39. The number of sulfonamides is 1. The summed E-state index contributed by atoms with van der Waals surface area (Å²) >= 11 is 12.1. The Morgan fingerprint density at radius 2 is 1.69 bits per heavy atom. The Hall–Kier alpha value is -2.85. The number of aliphatic hydroxyl groups is 1. The van der Waals surface area contributed by atoms with Crippen molar-refractivity contribution in [2.75, 3.05) is 24.0 Å².